The van der Waals surface area contributed by atoms with Crippen molar-refractivity contribution in [3.63, 3.8) is 0 Å². The Morgan fingerprint density at radius 1 is 1.00 bits per heavy atom. The van der Waals surface area contributed by atoms with Crippen LogP contribution in [0.5, 0.6) is 0 Å². The maximum Gasteiger partial charge on any atom is 0.333 e. The molecule has 0 aromatic heterocycles. The highest BCUT2D eigenvalue weighted by Gasteiger charge is 2.16. The Kier molecular flexibility index (Phi) is 10.8. The molecule has 0 atom stereocenters. The Balaban J connectivity index is 3.61. The molecule has 0 aliphatic heterocycles. The van der Waals surface area contributed by atoms with E-state index in [0.29, 0.717) is 12.2 Å². The molecule has 18 heavy (non-hydrogen) atoms. The molecular formula is C16H30O2. The Bertz CT molecular complexity index is 229. The van der Waals surface area contributed by atoms with E-state index in [4.69, 9.17) is 4.74 Å². The van der Waals surface area contributed by atoms with Gasteiger partial charge >= 0.3 is 5.97 Å². The Morgan fingerprint density at radius 2 is 1.56 bits per heavy atom. The van der Waals surface area contributed by atoms with Gasteiger partial charge in [-0.05, 0) is 25.2 Å². The number of ether oxygens (including phenoxy) is 1. The molecule has 0 N–H and O–H groups in total. The Hall–Kier alpha value is -0.790. The second-order valence-corrected chi connectivity index (χ2v) is 4.94. The summed E-state index contributed by atoms with van der Waals surface area (Å²) in [5.74, 6) is 0.0827. The predicted octanol–water partition coefficient (Wildman–Crippen LogP) is 4.88. The maximum absolute atomic E-state index is 11.7. The minimum absolute atomic E-state index is 0.197. The summed E-state index contributed by atoms with van der Waals surface area (Å²) in [6, 6.07) is 0. The van der Waals surface area contributed by atoms with Crippen LogP contribution in [0.2, 0.25) is 0 Å². The van der Waals surface area contributed by atoms with Crippen LogP contribution in [0.4, 0.5) is 0 Å². The van der Waals surface area contributed by atoms with E-state index < -0.39 is 0 Å². The minimum Gasteiger partial charge on any atom is -0.462 e. The molecule has 0 aromatic rings. The van der Waals surface area contributed by atoms with Gasteiger partial charge in [0.1, 0.15) is 0 Å². The molecule has 0 radical (unpaired) electrons. The van der Waals surface area contributed by atoms with Crippen LogP contribution in [0.15, 0.2) is 12.2 Å². The molecule has 0 saturated carbocycles. The quantitative estimate of drug-likeness (QED) is 0.298. The van der Waals surface area contributed by atoms with Gasteiger partial charge in [-0.15, -0.1) is 0 Å². The lowest BCUT2D eigenvalue weighted by Crippen LogP contribution is -2.15. The Morgan fingerprint density at radius 3 is 2.11 bits per heavy atom. The van der Waals surface area contributed by atoms with E-state index in [1.807, 2.05) is 0 Å². The lowest BCUT2D eigenvalue weighted by Gasteiger charge is -2.14. The zero-order valence-corrected chi connectivity index (χ0v) is 12.5. The molecule has 2 heteroatoms. The molecule has 0 amide bonds. The first-order chi connectivity index (χ1) is 8.67. The molecule has 0 unspecified atom stereocenters. The first-order valence-corrected chi connectivity index (χ1v) is 7.53. The van der Waals surface area contributed by atoms with Gasteiger partial charge < -0.3 is 4.74 Å². The number of hydrogen-bond acceptors (Lipinski definition) is 2. The molecule has 0 aliphatic rings. The van der Waals surface area contributed by atoms with Crippen molar-refractivity contribution in [2.75, 3.05) is 6.61 Å². The molecule has 0 fully saturated rings. The zero-order chi connectivity index (χ0) is 13.8. The highest BCUT2D eigenvalue weighted by atomic mass is 16.5. The van der Waals surface area contributed by atoms with Gasteiger partial charge in [-0.25, -0.2) is 4.79 Å². The average molecular weight is 254 g/mol. The third-order valence-corrected chi connectivity index (χ3v) is 3.47. The van der Waals surface area contributed by atoms with Crippen molar-refractivity contribution in [1.82, 2.24) is 0 Å². The second-order valence-electron chi connectivity index (χ2n) is 4.94. The van der Waals surface area contributed by atoms with Crippen LogP contribution in [0.1, 0.15) is 72.1 Å². The third kappa shape index (κ3) is 7.52. The standard InChI is InChI=1S/C16H30O2/c1-5-8-9-10-11-12-13-18-16(17)14(4)15(6-2)7-3/h15H,4-13H2,1-3H3. The van der Waals surface area contributed by atoms with Gasteiger partial charge in [0.15, 0.2) is 0 Å². The van der Waals surface area contributed by atoms with Crippen molar-refractivity contribution in [3.05, 3.63) is 12.2 Å². The average Bonchev–Trinajstić information content (AvgIpc) is 2.38. The van der Waals surface area contributed by atoms with Crippen LogP contribution in [0, 0.1) is 5.92 Å². The zero-order valence-electron chi connectivity index (χ0n) is 12.5. The topological polar surface area (TPSA) is 26.3 Å². The lowest BCUT2D eigenvalue weighted by molar-refractivity contribution is -0.139. The van der Waals surface area contributed by atoms with Gasteiger partial charge in [-0.2, -0.15) is 0 Å². The summed E-state index contributed by atoms with van der Waals surface area (Å²) in [6.45, 7) is 10.8. The molecule has 0 aliphatic carbocycles. The number of carbonyl (C=O) groups is 1. The van der Waals surface area contributed by atoms with Gasteiger partial charge in [0.05, 0.1) is 6.61 Å². The van der Waals surface area contributed by atoms with Crippen molar-refractivity contribution in [2.45, 2.75) is 72.1 Å². The normalized spacial score (nSPS) is 10.7. The largest absolute Gasteiger partial charge is 0.462 e. The van der Waals surface area contributed by atoms with Crippen molar-refractivity contribution in [3.8, 4) is 0 Å². The summed E-state index contributed by atoms with van der Waals surface area (Å²) in [4.78, 5) is 11.7. The molecule has 106 valence electrons. The SMILES string of the molecule is C=C(C(=O)OCCCCCCCC)C(CC)CC. The summed E-state index contributed by atoms with van der Waals surface area (Å²) in [7, 11) is 0. The van der Waals surface area contributed by atoms with Gasteiger partial charge in [-0.3, -0.25) is 0 Å². The van der Waals surface area contributed by atoms with Crippen LogP contribution in [0.25, 0.3) is 0 Å². The van der Waals surface area contributed by atoms with Crippen LogP contribution >= 0.6 is 0 Å². The van der Waals surface area contributed by atoms with Gasteiger partial charge in [0, 0.05) is 5.57 Å². The Labute approximate surface area is 113 Å². The summed E-state index contributed by atoms with van der Waals surface area (Å²) < 4.78 is 5.26. The van der Waals surface area contributed by atoms with E-state index in [0.717, 1.165) is 25.7 Å². The van der Waals surface area contributed by atoms with E-state index in [2.05, 4.69) is 27.4 Å². The van der Waals surface area contributed by atoms with Crippen molar-refractivity contribution < 1.29 is 9.53 Å². The molecule has 0 rings (SSSR count). The lowest BCUT2D eigenvalue weighted by atomic mass is 9.95. The first-order valence-electron chi connectivity index (χ1n) is 7.53. The molecule has 0 heterocycles. The van der Waals surface area contributed by atoms with E-state index in [1.165, 1.54) is 25.7 Å². The van der Waals surface area contributed by atoms with Crippen molar-refractivity contribution in [2.24, 2.45) is 5.92 Å². The van der Waals surface area contributed by atoms with Crippen LogP contribution in [-0.2, 0) is 9.53 Å². The fraction of sp³-hybridized carbons (Fsp3) is 0.812. The molecule has 0 saturated heterocycles. The molecule has 0 bridgehead atoms. The van der Waals surface area contributed by atoms with Gasteiger partial charge in [0.2, 0.25) is 0 Å². The molecule has 0 aromatic carbocycles. The first kappa shape index (κ1) is 17.2. The maximum atomic E-state index is 11.7. The number of esters is 1. The minimum atomic E-state index is -0.197. The summed E-state index contributed by atoms with van der Waals surface area (Å²) in [5.41, 5.74) is 0.644. The fourth-order valence-electron chi connectivity index (χ4n) is 2.09. The number of unbranched alkanes of at least 4 members (excludes halogenated alkanes) is 5. The summed E-state index contributed by atoms with van der Waals surface area (Å²) in [6.07, 6.45) is 9.18. The highest BCUT2D eigenvalue weighted by Crippen LogP contribution is 2.18. The van der Waals surface area contributed by atoms with Crippen LogP contribution in [-0.4, -0.2) is 12.6 Å². The van der Waals surface area contributed by atoms with E-state index >= 15 is 0 Å². The molecule has 2 nitrogen and oxygen atoms in total. The number of hydrogen-bond donors (Lipinski definition) is 0. The third-order valence-electron chi connectivity index (χ3n) is 3.47. The van der Waals surface area contributed by atoms with Crippen molar-refractivity contribution in [1.29, 1.82) is 0 Å². The van der Waals surface area contributed by atoms with Gasteiger partial charge in [0.25, 0.3) is 0 Å². The van der Waals surface area contributed by atoms with Crippen molar-refractivity contribution >= 4 is 5.97 Å². The van der Waals surface area contributed by atoms with E-state index in [-0.39, 0.29) is 11.9 Å². The summed E-state index contributed by atoms with van der Waals surface area (Å²) in [5, 5.41) is 0. The molecule has 0 spiro atoms. The second kappa shape index (κ2) is 11.3. The predicted molar refractivity (Wildman–Crippen MR) is 77.5 cm³/mol. The number of carbonyl (C=O) groups excluding carboxylic acids is 1. The van der Waals surface area contributed by atoms with Gasteiger partial charge in [-0.1, -0.05) is 59.5 Å². The van der Waals surface area contributed by atoms with E-state index in [1.54, 1.807) is 0 Å². The smallest absolute Gasteiger partial charge is 0.333 e. The fourth-order valence-corrected chi connectivity index (χ4v) is 2.09. The molecular weight excluding hydrogens is 224 g/mol. The highest BCUT2D eigenvalue weighted by molar-refractivity contribution is 5.88. The summed E-state index contributed by atoms with van der Waals surface area (Å²) >= 11 is 0. The number of rotatable bonds is 11. The van der Waals surface area contributed by atoms with Crippen LogP contribution in [0.3, 0.4) is 0 Å². The van der Waals surface area contributed by atoms with E-state index in [9.17, 15) is 4.79 Å². The monoisotopic (exact) mass is 254 g/mol. The van der Waals surface area contributed by atoms with Crippen LogP contribution < -0.4 is 0 Å².